The molecular weight excluding hydrogens is 478 g/mol. The third-order valence-electron chi connectivity index (χ3n) is 3.65. The topological polar surface area (TPSA) is 13.0 Å². The van der Waals surface area contributed by atoms with Gasteiger partial charge < -0.3 is 19.6 Å². The zero-order chi connectivity index (χ0) is 14.5. The fourth-order valence-corrected chi connectivity index (χ4v) is 4.03. The predicted octanol–water partition coefficient (Wildman–Crippen LogP) is 3.42. The first-order valence-electron chi connectivity index (χ1n) is 7.13. The van der Waals surface area contributed by atoms with Gasteiger partial charge in [-0.3, -0.25) is 0 Å². The highest BCUT2D eigenvalue weighted by Crippen LogP contribution is 2.23. The van der Waals surface area contributed by atoms with Gasteiger partial charge in [-0.2, -0.15) is 0 Å². The average Bonchev–Trinajstić information content (AvgIpc) is 3.03. The summed E-state index contributed by atoms with van der Waals surface area (Å²) in [6.45, 7) is 2.07. The zero-order valence-electron chi connectivity index (χ0n) is 12.3. The molecule has 0 spiro atoms. The monoisotopic (exact) mass is 502 g/mol. The van der Waals surface area contributed by atoms with E-state index in [9.17, 15) is 0 Å². The summed E-state index contributed by atoms with van der Waals surface area (Å²) < 4.78 is 1.25. The van der Waals surface area contributed by atoms with Crippen molar-refractivity contribution in [3.8, 4) is 0 Å². The van der Waals surface area contributed by atoms with Gasteiger partial charge in [-0.1, -0.05) is 58.0 Å². The maximum atomic E-state index is 2.57. The van der Waals surface area contributed by atoms with E-state index in [2.05, 4.69) is 104 Å². The Balaban J connectivity index is 1.57. The molecule has 0 aromatic carbocycles. The highest BCUT2D eigenvalue weighted by Gasteiger charge is 2.18. The number of unbranched alkanes of at least 4 members (excludes halogenated alkanes) is 1. The van der Waals surface area contributed by atoms with Gasteiger partial charge in [0.1, 0.15) is 0 Å². The summed E-state index contributed by atoms with van der Waals surface area (Å²) in [6.07, 6.45) is 13.9. The highest BCUT2D eigenvalue weighted by atomic mass is 127. The molecule has 0 saturated carbocycles. The van der Waals surface area contributed by atoms with Gasteiger partial charge in [-0.25, -0.2) is 0 Å². The molecule has 4 nitrogen and oxygen atoms in total. The fraction of sp³-hybridized carbons (Fsp3) is 0.714. The lowest BCUT2D eigenvalue weighted by Gasteiger charge is -2.25. The lowest BCUT2D eigenvalue weighted by molar-refractivity contribution is 0.270. The van der Waals surface area contributed by atoms with Crippen molar-refractivity contribution in [3.05, 3.63) is 24.8 Å². The number of halogens is 2. The predicted molar refractivity (Wildman–Crippen MR) is 101 cm³/mol. The van der Waals surface area contributed by atoms with Gasteiger partial charge in [0, 0.05) is 38.9 Å². The quantitative estimate of drug-likeness (QED) is 0.229. The first kappa shape index (κ1) is 16.5. The molecule has 0 amide bonds. The molecule has 2 heterocycles. The molecule has 2 atom stereocenters. The van der Waals surface area contributed by atoms with Crippen molar-refractivity contribution in [2.24, 2.45) is 0 Å². The standard InChI is InChI=1S/C14H24I2N4/c1-17-7-9-19(11-17)13(15)5-3-4-6-14(16)20-10-8-18(2)12-20/h7-10,13-14H,3-6,11-12H2,1-2H3. The molecule has 2 aliphatic rings. The number of alkyl halides is 2. The zero-order valence-corrected chi connectivity index (χ0v) is 16.6. The first-order valence-corrected chi connectivity index (χ1v) is 9.62. The van der Waals surface area contributed by atoms with Gasteiger partial charge in [0.25, 0.3) is 0 Å². The van der Waals surface area contributed by atoms with Crippen LogP contribution in [0.3, 0.4) is 0 Å². The Morgan fingerprint density at radius 3 is 1.50 bits per heavy atom. The highest BCUT2D eigenvalue weighted by molar-refractivity contribution is 14.1. The smallest absolute Gasteiger partial charge is 0.0900 e. The van der Waals surface area contributed by atoms with Crippen LogP contribution in [-0.4, -0.2) is 55.1 Å². The van der Waals surface area contributed by atoms with Crippen molar-refractivity contribution >= 4 is 45.2 Å². The molecule has 114 valence electrons. The molecule has 0 bridgehead atoms. The van der Waals surface area contributed by atoms with E-state index in [1.54, 1.807) is 0 Å². The SMILES string of the molecule is CN1C=CN(C(I)CCCCC(I)N2C=CN(C)C2)C1. The second kappa shape index (κ2) is 7.95. The molecule has 2 aliphatic heterocycles. The van der Waals surface area contributed by atoms with Crippen LogP contribution >= 0.6 is 45.2 Å². The van der Waals surface area contributed by atoms with E-state index in [1.165, 1.54) is 25.7 Å². The number of hydrogen-bond donors (Lipinski definition) is 0. The number of hydrogen-bond acceptors (Lipinski definition) is 4. The van der Waals surface area contributed by atoms with E-state index < -0.39 is 0 Å². The molecule has 2 rings (SSSR count). The van der Waals surface area contributed by atoms with Crippen LogP contribution in [0, 0.1) is 0 Å². The summed E-state index contributed by atoms with van der Waals surface area (Å²) in [4.78, 5) is 9.28. The Bertz CT molecular complexity index is 327. The summed E-state index contributed by atoms with van der Waals surface area (Å²) in [5.74, 6) is 0. The molecule has 0 N–H and O–H groups in total. The van der Waals surface area contributed by atoms with Crippen molar-refractivity contribution in [3.63, 3.8) is 0 Å². The van der Waals surface area contributed by atoms with Crippen molar-refractivity contribution in [1.82, 2.24) is 19.6 Å². The fourth-order valence-electron chi connectivity index (χ4n) is 2.42. The van der Waals surface area contributed by atoms with E-state index in [0.717, 1.165) is 13.3 Å². The van der Waals surface area contributed by atoms with Gasteiger partial charge in [0.2, 0.25) is 0 Å². The van der Waals surface area contributed by atoms with Crippen LogP contribution in [0.1, 0.15) is 25.7 Å². The lowest BCUT2D eigenvalue weighted by atomic mass is 10.2. The first-order chi connectivity index (χ1) is 9.56. The second-order valence-corrected chi connectivity index (χ2v) is 8.45. The van der Waals surface area contributed by atoms with E-state index >= 15 is 0 Å². The van der Waals surface area contributed by atoms with Crippen LogP contribution in [-0.2, 0) is 0 Å². The lowest BCUT2D eigenvalue weighted by Crippen LogP contribution is -2.29. The molecular formula is C14H24I2N4. The van der Waals surface area contributed by atoms with Gasteiger partial charge >= 0.3 is 0 Å². The number of nitrogens with zero attached hydrogens (tertiary/aromatic N) is 4. The van der Waals surface area contributed by atoms with E-state index in [0.29, 0.717) is 8.10 Å². The summed E-state index contributed by atoms with van der Waals surface area (Å²) in [5.41, 5.74) is 0. The minimum absolute atomic E-state index is 0.624. The Morgan fingerprint density at radius 1 is 0.800 bits per heavy atom. The van der Waals surface area contributed by atoms with Crippen molar-refractivity contribution in [2.75, 3.05) is 27.4 Å². The maximum absolute atomic E-state index is 2.57. The third kappa shape index (κ3) is 4.85. The molecule has 6 heteroatoms. The largest absolute Gasteiger partial charge is 0.362 e. The van der Waals surface area contributed by atoms with Gasteiger partial charge in [-0.05, 0) is 12.8 Å². The summed E-state index contributed by atoms with van der Waals surface area (Å²) in [6, 6.07) is 0. The summed E-state index contributed by atoms with van der Waals surface area (Å²) >= 11 is 5.14. The molecule has 0 saturated heterocycles. The van der Waals surface area contributed by atoms with Crippen LogP contribution in [0.2, 0.25) is 0 Å². The Morgan fingerprint density at radius 2 is 1.20 bits per heavy atom. The van der Waals surface area contributed by atoms with Crippen LogP contribution in [0.25, 0.3) is 0 Å². The molecule has 0 aromatic heterocycles. The summed E-state index contributed by atoms with van der Waals surface area (Å²) in [5, 5.41) is 0. The number of rotatable bonds is 7. The minimum atomic E-state index is 0.624. The normalized spacial score (nSPS) is 21.2. The average molecular weight is 502 g/mol. The van der Waals surface area contributed by atoms with Crippen molar-refractivity contribution in [2.45, 2.75) is 33.8 Å². The molecule has 2 unspecified atom stereocenters. The van der Waals surface area contributed by atoms with Crippen molar-refractivity contribution in [1.29, 1.82) is 0 Å². The van der Waals surface area contributed by atoms with Crippen LogP contribution < -0.4 is 0 Å². The summed E-state index contributed by atoms with van der Waals surface area (Å²) in [7, 11) is 4.25. The molecule has 0 aliphatic carbocycles. The maximum Gasteiger partial charge on any atom is 0.0900 e. The van der Waals surface area contributed by atoms with Crippen LogP contribution in [0.15, 0.2) is 24.8 Å². The molecule has 0 radical (unpaired) electrons. The Hall–Kier alpha value is 0.140. The van der Waals surface area contributed by atoms with Gasteiger partial charge in [0.05, 0.1) is 21.4 Å². The van der Waals surface area contributed by atoms with Crippen LogP contribution in [0.5, 0.6) is 0 Å². The molecule has 20 heavy (non-hydrogen) atoms. The molecule has 0 aromatic rings. The van der Waals surface area contributed by atoms with Crippen molar-refractivity contribution < 1.29 is 0 Å². The Kier molecular flexibility index (Phi) is 6.57. The van der Waals surface area contributed by atoms with Gasteiger partial charge in [-0.15, -0.1) is 0 Å². The van der Waals surface area contributed by atoms with E-state index in [-0.39, 0.29) is 0 Å². The van der Waals surface area contributed by atoms with Gasteiger partial charge in [0.15, 0.2) is 0 Å². The third-order valence-corrected chi connectivity index (χ3v) is 6.33. The Labute approximate surface area is 150 Å². The molecule has 0 fully saturated rings. The second-order valence-electron chi connectivity index (χ2n) is 5.57. The van der Waals surface area contributed by atoms with E-state index in [1.807, 2.05) is 0 Å². The minimum Gasteiger partial charge on any atom is -0.362 e. The van der Waals surface area contributed by atoms with E-state index in [4.69, 9.17) is 0 Å². The van der Waals surface area contributed by atoms with Crippen LogP contribution in [0.4, 0.5) is 0 Å².